The van der Waals surface area contributed by atoms with Crippen LogP contribution in [0.25, 0.3) is 0 Å². The second kappa shape index (κ2) is 8.70. The zero-order chi connectivity index (χ0) is 19.4. The van der Waals surface area contributed by atoms with Crippen LogP contribution in [0.1, 0.15) is 46.5 Å². The van der Waals surface area contributed by atoms with Gasteiger partial charge in [-0.2, -0.15) is 13.2 Å². The quantitative estimate of drug-likeness (QED) is 0.267. The summed E-state index contributed by atoms with van der Waals surface area (Å²) in [4.78, 5) is 12.9. The van der Waals surface area contributed by atoms with Gasteiger partial charge >= 0.3 is 6.18 Å². The van der Waals surface area contributed by atoms with Gasteiger partial charge in [0.1, 0.15) is 0 Å². The maximum atomic E-state index is 13.5. The van der Waals surface area contributed by atoms with Crippen LogP contribution in [0.3, 0.4) is 0 Å². The largest absolute Gasteiger partial charge is 0.416 e. The van der Waals surface area contributed by atoms with Gasteiger partial charge in [0.2, 0.25) is 0 Å². The Hall–Kier alpha value is -0.830. The van der Waals surface area contributed by atoms with Crippen molar-refractivity contribution in [3.63, 3.8) is 0 Å². The molecule has 3 atom stereocenters. The number of carbonyl (C=O) groups is 1. The molecule has 3 nitrogen and oxygen atoms in total. The highest BCUT2D eigenvalue weighted by Gasteiger charge is 2.41. The lowest BCUT2D eigenvalue weighted by Crippen LogP contribution is -2.34. The molecule has 3 unspecified atom stereocenters. The topological polar surface area (TPSA) is 63.3 Å². The zero-order valence-electron chi connectivity index (χ0n) is 14.7. The van der Waals surface area contributed by atoms with Crippen molar-refractivity contribution in [1.29, 1.82) is 0 Å². The fourth-order valence-electron chi connectivity index (χ4n) is 3.14. The average Bonchev–Trinajstić information content (AvgIpc) is 2.43. The molecule has 0 aromatic rings. The predicted octanol–water partition coefficient (Wildman–Crippen LogP) is 4.60. The van der Waals surface area contributed by atoms with E-state index in [4.69, 9.17) is 5.73 Å². The normalized spacial score (nSPS) is 26.3. The van der Waals surface area contributed by atoms with Crippen molar-refractivity contribution >= 4 is 28.4 Å². The highest BCUT2D eigenvalue weighted by molar-refractivity contribution is 14.1. The number of aliphatic hydroxyl groups is 1. The summed E-state index contributed by atoms with van der Waals surface area (Å²) < 4.78 is 39.5. The lowest BCUT2D eigenvalue weighted by atomic mass is 9.79. The molecule has 0 aromatic heterocycles. The highest BCUT2D eigenvalue weighted by atomic mass is 127. The Balaban J connectivity index is 3.42. The van der Waals surface area contributed by atoms with E-state index < -0.39 is 38.5 Å². The van der Waals surface area contributed by atoms with E-state index in [9.17, 15) is 23.1 Å². The van der Waals surface area contributed by atoms with Crippen molar-refractivity contribution in [1.82, 2.24) is 0 Å². The van der Waals surface area contributed by atoms with E-state index in [-0.39, 0.29) is 0 Å². The fraction of sp³-hybridized carbons (Fsp3) is 0.611. The summed E-state index contributed by atoms with van der Waals surface area (Å²) in [5.74, 6) is -1.45. The van der Waals surface area contributed by atoms with Gasteiger partial charge in [0.25, 0.3) is 0 Å². The van der Waals surface area contributed by atoms with Crippen LogP contribution in [0.5, 0.6) is 0 Å². The Kier molecular flexibility index (Phi) is 7.73. The standard InChI is InChI=1S/C18H25F3INO2/c1-4-14(18(19,20)21)13(10-17(3,22)9-11(2)23)16(25)12-7-5-6-8-15(12)24/h4,9-10,12,15,24H,5-8,23H2,1-3H3/b11-9+,13-10+,14-4+. The van der Waals surface area contributed by atoms with Gasteiger partial charge in [-0.05, 0) is 39.7 Å². The molecule has 0 heterocycles. The smallest absolute Gasteiger partial charge is 0.402 e. The lowest BCUT2D eigenvalue weighted by molar-refractivity contribution is -0.126. The second-order valence-corrected chi connectivity index (χ2v) is 8.94. The van der Waals surface area contributed by atoms with Crippen molar-refractivity contribution in [3.8, 4) is 0 Å². The molecular formula is C18H25F3INO2. The van der Waals surface area contributed by atoms with E-state index in [0.717, 1.165) is 18.9 Å². The van der Waals surface area contributed by atoms with Crippen molar-refractivity contribution in [2.24, 2.45) is 11.7 Å². The molecule has 0 amide bonds. The Morgan fingerprint density at radius 2 is 1.80 bits per heavy atom. The predicted molar refractivity (Wildman–Crippen MR) is 101 cm³/mol. The molecule has 0 bridgehead atoms. The number of allylic oxidation sites excluding steroid dienone is 6. The SMILES string of the molecule is C/C=C(\C(=C/C(C)(I)/C=C(\C)N)C(=O)C1CCCCC1O)C(F)(F)F. The van der Waals surface area contributed by atoms with Crippen molar-refractivity contribution in [2.75, 3.05) is 0 Å². The van der Waals surface area contributed by atoms with Crippen LogP contribution in [0.2, 0.25) is 0 Å². The molecule has 0 spiro atoms. The third-order valence-corrected chi connectivity index (χ3v) is 4.78. The van der Waals surface area contributed by atoms with E-state index in [1.807, 2.05) is 22.6 Å². The van der Waals surface area contributed by atoms with E-state index in [1.165, 1.54) is 13.0 Å². The number of Topliss-reactive ketones (excluding diaryl/α,β-unsaturated/α-hetero) is 1. The van der Waals surface area contributed by atoms with Gasteiger partial charge in [0.15, 0.2) is 5.78 Å². The molecule has 0 radical (unpaired) electrons. The summed E-state index contributed by atoms with van der Waals surface area (Å²) in [7, 11) is 0. The molecule has 1 aliphatic carbocycles. The molecule has 1 rings (SSSR count). The first-order chi connectivity index (χ1) is 11.4. The first kappa shape index (κ1) is 22.2. The maximum Gasteiger partial charge on any atom is 0.416 e. The number of nitrogens with two attached hydrogens (primary N) is 1. The first-order valence-corrected chi connectivity index (χ1v) is 9.29. The van der Waals surface area contributed by atoms with Crippen LogP contribution in [-0.2, 0) is 4.79 Å². The Morgan fingerprint density at radius 1 is 1.24 bits per heavy atom. The van der Waals surface area contributed by atoms with Gasteiger partial charge in [-0.3, -0.25) is 4.79 Å². The van der Waals surface area contributed by atoms with Gasteiger partial charge in [0, 0.05) is 17.2 Å². The molecule has 142 valence electrons. The Morgan fingerprint density at radius 3 is 2.24 bits per heavy atom. The summed E-state index contributed by atoms with van der Waals surface area (Å²) in [6.07, 6.45) is 0.593. The summed E-state index contributed by atoms with van der Waals surface area (Å²) in [5.41, 5.74) is 4.74. The van der Waals surface area contributed by atoms with E-state index in [2.05, 4.69) is 0 Å². The molecule has 0 saturated heterocycles. The minimum Gasteiger partial charge on any atom is -0.402 e. The van der Waals surface area contributed by atoms with Crippen LogP contribution >= 0.6 is 22.6 Å². The number of aliphatic hydroxyl groups excluding tert-OH is 1. The second-order valence-electron chi connectivity index (χ2n) is 6.62. The Bertz CT molecular complexity index is 588. The molecule has 1 fully saturated rings. The van der Waals surface area contributed by atoms with Crippen LogP contribution in [0.4, 0.5) is 13.2 Å². The molecule has 3 N–H and O–H groups in total. The summed E-state index contributed by atoms with van der Waals surface area (Å²) in [6.45, 7) is 4.57. The monoisotopic (exact) mass is 471 g/mol. The Labute approximate surface area is 160 Å². The number of ketones is 1. The van der Waals surface area contributed by atoms with Crippen LogP contribution in [-0.4, -0.2) is 26.6 Å². The fourth-order valence-corrected chi connectivity index (χ4v) is 3.94. The number of halogens is 4. The van der Waals surface area contributed by atoms with E-state index >= 15 is 0 Å². The van der Waals surface area contributed by atoms with E-state index in [0.29, 0.717) is 18.5 Å². The number of alkyl halides is 4. The third-order valence-electron chi connectivity index (χ3n) is 4.15. The minimum atomic E-state index is -4.65. The molecular weight excluding hydrogens is 446 g/mol. The summed E-state index contributed by atoms with van der Waals surface area (Å²) in [6, 6.07) is 0. The van der Waals surface area contributed by atoms with Gasteiger partial charge in [-0.15, -0.1) is 0 Å². The third kappa shape index (κ3) is 6.44. The summed E-state index contributed by atoms with van der Waals surface area (Å²) in [5, 5.41) is 10.1. The van der Waals surface area contributed by atoms with Crippen LogP contribution < -0.4 is 5.73 Å². The molecule has 25 heavy (non-hydrogen) atoms. The maximum absolute atomic E-state index is 13.5. The first-order valence-electron chi connectivity index (χ1n) is 8.22. The van der Waals surface area contributed by atoms with Crippen LogP contribution in [0, 0.1) is 5.92 Å². The zero-order valence-corrected chi connectivity index (χ0v) is 16.8. The molecule has 1 aliphatic rings. The summed E-state index contributed by atoms with van der Waals surface area (Å²) >= 11 is 1.95. The van der Waals surface area contributed by atoms with Gasteiger partial charge in [-0.1, -0.05) is 47.6 Å². The lowest BCUT2D eigenvalue weighted by Gasteiger charge is -2.29. The molecule has 1 saturated carbocycles. The average molecular weight is 471 g/mol. The number of rotatable bonds is 5. The minimum absolute atomic E-state index is 0.393. The number of carbonyl (C=O) groups excluding carboxylic acids is 1. The van der Waals surface area contributed by atoms with Gasteiger partial charge in [0.05, 0.1) is 15.1 Å². The van der Waals surface area contributed by atoms with Crippen LogP contribution in [0.15, 0.2) is 35.1 Å². The van der Waals surface area contributed by atoms with E-state index in [1.54, 1.807) is 19.9 Å². The van der Waals surface area contributed by atoms with Crippen molar-refractivity contribution in [2.45, 2.75) is 62.2 Å². The molecule has 0 aliphatic heterocycles. The van der Waals surface area contributed by atoms with Gasteiger partial charge < -0.3 is 10.8 Å². The molecule has 0 aromatic carbocycles. The number of hydrogen-bond acceptors (Lipinski definition) is 3. The molecule has 7 heteroatoms. The number of hydrogen-bond donors (Lipinski definition) is 2. The van der Waals surface area contributed by atoms with Gasteiger partial charge in [-0.25, -0.2) is 0 Å². The van der Waals surface area contributed by atoms with Crippen molar-refractivity contribution < 1.29 is 23.1 Å². The van der Waals surface area contributed by atoms with Crippen molar-refractivity contribution in [3.05, 3.63) is 35.1 Å². The highest BCUT2D eigenvalue weighted by Crippen LogP contribution is 2.38.